The molecule has 1 aliphatic heterocycles. The van der Waals surface area contributed by atoms with Gasteiger partial charge in [-0.2, -0.15) is 0 Å². The first-order valence-corrected chi connectivity index (χ1v) is 7.11. The van der Waals surface area contributed by atoms with E-state index in [2.05, 4.69) is 13.8 Å². The van der Waals surface area contributed by atoms with E-state index in [-0.39, 0.29) is 5.79 Å². The first kappa shape index (κ1) is 12.4. The maximum absolute atomic E-state index is 6.34. The summed E-state index contributed by atoms with van der Waals surface area (Å²) in [6, 6.07) is 0. The number of rotatable bonds is 3. The predicted molar refractivity (Wildman–Crippen MR) is 65.3 cm³/mol. The molecule has 0 amide bonds. The largest absolute Gasteiger partial charge is 0.350 e. The fraction of sp³-hybridized carbons (Fsp3) is 1.00. The van der Waals surface area contributed by atoms with Crippen LogP contribution in [0.3, 0.4) is 0 Å². The summed E-state index contributed by atoms with van der Waals surface area (Å²) in [6.45, 7) is 5.42. The molecule has 2 aliphatic rings. The zero-order valence-electron chi connectivity index (χ0n) is 10.8. The van der Waals surface area contributed by atoms with Gasteiger partial charge in [0, 0.05) is 18.8 Å². The fourth-order valence-corrected chi connectivity index (χ4v) is 3.08. The van der Waals surface area contributed by atoms with Crippen LogP contribution in [0.5, 0.6) is 0 Å². The van der Waals surface area contributed by atoms with E-state index in [4.69, 9.17) is 9.47 Å². The van der Waals surface area contributed by atoms with Gasteiger partial charge in [0.15, 0.2) is 5.79 Å². The first-order chi connectivity index (χ1) is 7.79. The van der Waals surface area contributed by atoms with Gasteiger partial charge < -0.3 is 9.47 Å². The van der Waals surface area contributed by atoms with Crippen LogP contribution in [0.15, 0.2) is 0 Å². The van der Waals surface area contributed by atoms with Crippen molar-refractivity contribution < 1.29 is 9.47 Å². The molecule has 1 heterocycles. The van der Waals surface area contributed by atoms with Crippen molar-refractivity contribution >= 4 is 0 Å². The van der Waals surface area contributed by atoms with Crippen molar-refractivity contribution in [1.82, 2.24) is 0 Å². The third-order valence-corrected chi connectivity index (χ3v) is 4.17. The van der Waals surface area contributed by atoms with Crippen LogP contribution in [0.1, 0.15) is 65.2 Å². The zero-order valence-corrected chi connectivity index (χ0v) is 10.8. The lowest BCUT2D eigenvalue weighted by Crippen LogP contribution is -2.50. The van der Waals surface area contributed by atoms with Gasteiger partial charge in [0.1, 0.15) is 0 Å². The lowest BCUT2D eigenvalue weighted by Gasteiger charge is -2.46. The standard InChI is InChI=1S/C14H26O2/c1-3-8-13-12(4-2)11-15-14(16-13)9-6-5-7-10-14/h12-13H,3-11H2,1-2H3/t12-,13-/m0/s1. The Morgan fingerprint density at radius 3 is 2.50 bits per heavy atom. The van der Waals surface area contributed by atoms with Crippen LogP contribution in [0, 0.1) is 5.92 Å². The second-order valence-corrected chi connectivity index (χ2v) is 5.40. The Kier molecular flexibility index (Phi) is 4.26. The number of hydrogen-bond donors (Lipinski definition) is 0. The molecule has 2 rings (SSSR count). The maximum Gasteiger partial charge on any atom is 0.168 e. The van der Waals surface area contributed by atoms with Gasteiger partial charge in [-0.3, -0.25) is 0 Å². The molecule has 0 aromatic carbocycles. The SMILES string of the molecule is CCC[C@@H]1OC2(CCCCC2)OC[C@@H]1CC. The van der Waals surface area contributed by atoms with Crippen LogP contribution in [0.4, 0.5) is 0 Å². The van der Waals surface area contributed by atoms with E-state index in [0.717, 1.165) is 19.4 Å². The van der Waals surface area contributed by atoms with Gasteiger partial charge in [-0.15, -0.1) is 0 Å². The van der Waals surface area contributed by atoms with Gasteiger partial charge in [0.25, 0.3) is 0 Å². The molecule has 2 nitrogen and oxygen atoms in total. The molecule has 0 radical (unpaired) electrons. The number of hydrogen-bond acceptors (Lipinski definition) is 2. The zero-order chi connectivity index (χ0) is 11.4. The summed E-state index contributed by atoms with van der Waals surface area (Å²) in [5.74, 6) is 0.427. The van der Waals surface area contributed by atoms with Gasteiger partial charge in [0.2, 0.25) is 0 Å². The van der Waals surface area contributed by atoms with E-state index in [1.165, 1.54) is 38.5 Å². The number of ether oxygens (including phenoxy) is 2. The fourth-order valence-electron chi connectivity index (χ4n) is 3.08. The third kappa shape index (κ3) is 2.60. The van der Waals surface area contributed by atoms with Crippen LogP contribution in [-0.2, 0) is 9.47 Å². The monoisotopic (exact) mass is 226 g/mol. The average Bonchev–Trinajstić information content (AvgIpc) is 2.31. The highest BCUT2D eigenvalue weighted by molar-refractivity contribution is 4.84. The Morgan fingerprint density at radius 1 is 1.12 bits per heavy atom. The normalized spacial score (nSPS) is 34.1. The summed E-state index contributed by atoms with van der Waals surface area (Å²) in [4.78, 5) is 0. The van der Waals surface area contributed by atoms with E-state index < -0.39 is 0 Å². The second-order valence-electron chi connectivity index (χ2n) is 5.40. The smallest absolute Gasteiger partial charge is 0.168 e. The van der Waals surface area contributed by atoms with E-state index >= 15 is 0 Å². The lowest BCUT2D eigenvalue weighted by molar-refractivity contribution is -0.323. The van der Waals surface area contributed by atoms with Gasteiger partial charge in [0.05, 0.1) is 12.7 Å². The molecule has 1 spiro atoms. The quantitative estimate of drug-likeness (QED) is 0.727. The Hall–Kier alpha value is -0.0800. The Balaban J connectivity index is 1.98. The summed E-state index contributed by atoms with van der Waals surface area (Å²) in [5.41, 5.74) is 0. The van der Waals surface area contributed by atoms with E-state index in [1.54, 1.807) is 0 Å². The topological polar surface area (TPSA) is 18.5 Å². The van der Waals surface area contributed by atoms with Gasteiger partial charge in [-0.05, 0) is 25.7 Å². The summed E-state index contributed by atoms with van der Waals surface area (Å²) >= 11 is 0. The average molecular weight is 226 g/mol. The Bertz CT molecular complexity index is 209. The summed E-state index contributed by atoms with van der Waals surface area (Å²) in [7, 11) is 0. The molecule has 0 aromatic heterocycles. The molecular formula is C14H26O2. The van der Waals surface area contributed by atoms with Crippen LogP contribution in [0.25, 0.3) is 0 Å². The van der Waals surface area contributed by atoms with E-state index in [9.17, 15) is 0 Å². The maximum atomic E-state index is 6.34. The van der Waals surface area contributed by atoms with Gasteiger partial charge in [-0.25, -0.2) is 0 Å². The van der Waals surface area contributed by atoms with Crippen LogP contribution in [-0.4, -0.2) is 18.5 Å². The minimum absolute atomic E-state index is 0.191. The molecule has 94 valence electrons. The van der Waals surface area contributed by atoms with Crippen molar-refractivity contribution in [2.24, 2.45) is 5.92 Å². The van der Waals surface area contributed by atoms with Gasteiger partial charge in [-0.1, -0.05) is 26.7 Å². The first-order valence-electron chi connectivity index (χ1n) is 7.11. The molecule has 1 aliphatic carbocycles. The van der Waals surface area contributed by atoms with Crippen LogP contribution in [0.2, 0.25) is 0 Å². The summed E-state index contributed by atoms with van der Waals surface area (Å²) in [6.07, 6.45) is 10.2. The highest BCUT2D eigenvalue weighted by atomic mass is 16.7. The van der Waals surface area contributed by atoms with Crippen molar-refractivity contribution in [2.45, 2.75) is 77.1 Å². The Labute approximate surface area is 99.7 Å². The second kappa shape index (κ2) is 5.50. The minimum Gasteiger partial charge on any atom is -0.350 e. The molecule has 2 atom stereocenters. The molecule has 2 fully saturated rings. The molecular weight excluding hydrogens is 200 g/mol. The molecule has 2 heteroatoms. The molecule has 0 bridgehead atoms. The molecule has 16 heavy (non-hydrogen) atoms. The van der Waals surface area contributed by atoms with Crippen molar-refractivity contribution in [2.75, 3.05) is 6.61 Å². The molecule has 0 N–H and O–H groups in total. The van der Waals surface area contributed by atoms with Crippen molar-refractivity contribution in [3.8, 4) is 0 Å². The molecule has 0 unspecified atom stereocenters. The van der Waals surface area contributed by atoms with Crippen molar-refractivity contribution in [3.05, 3.63) is 0 Å². The van der Waals surface area contributed by atoms with Crippen LogP contribution >= 0.6 is 0 Å². The summed E-state index contributed by atoms with van der Waals surface area (Å²) < 4.78 is 12.4. The van der Waals surface area contributed by atoms with Crippen molar-refractivity contribution in [1.29, 1.82) is 0 Å². The molecule has 0 aromatic rings. The predicted octanol–water partition coefficient (Wildman–Crippen LogP) is 3.89. The van der Waals surface area contributed by atoms with E-state index in [1.807, 2.05) is 0 Å². The molecule has 1 saturated heterocycles. The third-order valence-electron chi connectivity index (χ3n) is 4.17. The highest BCUT2D eigenvalue weighted by Gasteiger charge is 2.42. The minimum atomic E-state index is -0.191. The Morgan fingerprint density at radius 2 is 1.88 bits per heavy atom. The highest BCUT2D eigenvalue weighted by Crippen LogP contribution is 2.40. The van der Waals surface area contributed by atoms with Gasteiger partial charge >= 0.3 is 0 Å². The summed E-state index contributed by atoms with van der Waals surface area (Å²) in [5, 5.41) is 0. The van der Waals surface area contributed by atoms with Crippen molar-refractivity contribution in [3.63, 3.8) is 0 Å². The molecule has 1 saturated carbocycles. The van der Waals surface area contributed by atoms with Crippen LogP contribution < -0.4 is 0 Å². The lowest BCUT2D eigenvalue weighted by atomic mass is 9.89. The van der Waals surface area contributed by atoms with E-state index in [0.29, 0.717) is 12.0 Å².